The summed E-state index contributed by atoms with van der Waals surface area (Å²) in [6.07, 6.45) is 3.58. The summed E-state index contributed by atoms with van der Waals surface area (Å²) in [4.78, 5) is 0. The van der Waals surface area contributed by atoms with E-state index in [0.717, 1.165) is 38.4 Å². The zero-order chi connectivity index (χ0) is 12.1. The maximum absolute atomic E-state index is 5.35. The Morgan fingerprint density at radius 3 is 2.94 bits per heavy atom. The molecule has 0 unspecified atom stereocenters. The molecule has 17 heavy (non-hydrogen) atoms. The van der Waals surface area contributed by atoms with Gasteiger partial charge in [-0.15, -0.1) is 5.10 Å². The summed E-state index contributed by atoms with van der Waals surface area (Å²) in [5.74, 6) is 0.695. The molecule has 1 aliphatic carbocycles. The van der Waals surface area contributed by atoms with Gasteiger partial charge in [0.15, 0.2) is 0 Å². The number of nitrogens with one attached hydrogen (secondary N) is 1. The summed E-state index contributed by atoms with van der Waals surface area (Å²) >= 11 is 0. The van der Waals surface area contributed by atoms with Crippen molar-refractivity contribution in [2.45, 2.75) is 45.2 Å². The number of aryl methyl sites for hydroxylation is 1. The zero-order valence-electron chi connectivity index (χ0n) is 10.8. The number of hydrogen-bond acceptors (Lipinski definition) is 4. The molecule has 1 aromatic heterocycles. The van der Waals surface area contributed by atoms with Crippen LogP contribution in [0.4, 0.5) is 0 Å². The van der Waals surface area contributed by atoms with E-state index in [2.05, 4.69) is 20.3 Å². The Bertz CT molecular complexity index is 346. The van der Waals surface area contributed by atoms with Crippen molar-refractivity contribution in [2.75, 3.05) is 20.3 Å². The monoisotopic (exact) mass is 238 g/mol. The van der Waals surface area contributed by atoms with Crippen LogP contribution in [0.1, 0.15) is 43.5 Å². The number of hydrogen-bond donors (Lipinski definition) is 1. The Hall–Kier alpha value is -0.940. The maximum atomic E-state index is 5.35. The molecule has 0 radical (unpaired) electrons. The second-order valence-corrected chi connectivity index (χ2v) is 4.50. The molecule has 1 fully saturated rings. The Balaban J connectivity index is 1.95. The van der Waals surface area contributed by atoms with Crippen LogP contribution in [0.15, 0.2) is 0 Å². The van der Waals surface area contributed by atoms with E-state index in [4.69, 9.17) is 4.74 Å². The Kier molecular flexibility index (Phi) is 4.50. The van der Waals surface area contributed by atoms with E-state index in [1.165, 1.54) is 18.5 Å². The van der Waals surface area contributed by atoms with Gasteiger partial charge < -0.3 is 10.1 Å². The predicted molar refractivity (Wildman–Crippen MR) is 65.9 cm³/mol. The maximum Gasteiger partial charge on any atom is 0.0999 e. The van der Waals surface area contributed by atoms with Gasteiger partial charge in [-0.05, 0) is 33.2 Å². The quantitative estimate of drug-likeness (QED) is 0.694. The van der Waals surface area contributed by atoms with Gasteiger partial charge in [0.2, 0.25) is 0 Å². The SMILES string of the molecule is CCOCCCn1nnc(CNC)c1C1CC1. The van der Waals surface area contributed by atoms with Gasteiger partial charge in [0.1, 0.15) is 0 Å². The van der Waals surface area contributed by atoms with E-state index < -0.39 is 0 Å². The molecule has 96 valence electrons. The van der Waals surface area contributed by atoms with Gasteiger partial charge in [-0.2, -0.15) is 0 Å². The van der Waals surface area contributed by atoms with E-state index in [1.807, 2.05) is 14.0 Å². The fraction of sp³-hybridized carbons (Fsp3) is 0.833. The zero-order valence-corrected chi connectivity index (χ0v) is 10.8. The van der Waals surface area contributed by atoms with Crippen molar-refractivity contribution >= 4 is 0 Å². The van der Waals surface area contributed by atoms with Gasteiger partial charge in [-0.1, -0.05) is 5.21 Å². The number of aromatic nitrogens is 3. The molecule has 0 bridgehead atoms. The minimum absolute atomic E-state index is 0.695. The first-order chi connectivity index (χ1) is 8.36. The molecule has 0 aromatic carbocycles. The fourth-order valence-corrected chi connectivity index (χ4v) is 2.08. The summed E-state index contributed by atoms with van der Waals surface area (Å²) in [5, 5.41) is 11.7. The Morgan fingerprint density at radius 1 is 1.47 bits per heavy atom. The van der Waals surface area contributed by atoms with Crippen molar-refractivity contribution < 1.29 is 4.74 Å². The van der Waals surface area contributed by atoms with Crippen LogP contribution < -0.4 is 5.32 Å². The van der Waals surface area contributed by atoms with Gasteiger partial charge in [0, 0.05) is 32.2 Å². The average Bonchev–Trinajstić information content (AvgIpc) is 3.09. The summed E-state index contributed by atoms with van der Waals surface area (Å²) < 4.78 is 7.42. The standard InChI is InChI=1S/C12H22N4O/c1-3-17-8-4-7-16-12(10-5-6-10)11(9-13-2)14-15-16/h10,13H,3-9H2,1-2H3. The van der Waals surface area contributed by atoms with Crippen LogP contribution in [0.2, 0.25) is 0 Å². The summed E-state index contributed by atoms with van der Waals surface area (Å²) in [6.45, 7) is 5.36. The van der Waals surface area contributed by atoms with Gasteiger partial charge in [-0.3, -0.25) is 0 Å². The second-order valence-electron chi connectivity index (χ2n) is 4.50. The smallest absolute Gasteiger partial charge is 0.0999 e. The molecular formula is C12H22N4O. The Labute approximate surface area is 103 Å². The van der Waals surface area contributed by atoms with Crippen molar-refractivity contribution in [1.29, 1.82) is 0 Å². The van der Waals surface area contributed by atoms with Gasteiger partial charge in [-0.25, -0.2) is 4.68 Å². The third-order valence-electron chi connectivity index (χ3n) is 3.02. The lowest BCUT2D eigenvalue weighted by molar-refractivity contribution is 0.140. The van der Waals surface area contributed by atoms with Crippen molar-refractivity contribution in [3.05, 3.63) is 11.4 Å². The van der Waals surface area contributed by atoms with Crippen LogP contribution in [0.3, 0.4) is 0 Å². The van der Waals surface area contributed by atoms with E-state index in [0.29, 0.717) is 5.92 Å². The topological polar surface area (TPSA) is 52.0 Å². The normalized spacial score (nSPS) is 15.4. The molecule has 5 nitrogen and oxygen atoms in total. The third-order valence-corrected chi connectivity index (χ3v) is 3.02. The first-order valence-corrected chi connectivity index (χ1v) is 6.51. The van der Waals surface area contributed by atoms with Gasteiger partial charge >= 0.3 is 0 Å². The van der Waals surface area contributed by atoms with Gasteiger partial charge in [0.25, 0.3) is 0 Å². The molecule has 1 heterocycles. The number of nitrogens with zero attached hydrogens (tertiary/aromatic N) is 3. The van der Waals surface area contributed by atoms with E-state index in [1.54, 1.807) is 0 Å². The molecule has 1 N–H and O–H groups in total. The lowest BCUT2D eigenvalue weighted by Crippen LogP contribution is -2.11. The molecule has 5 heteroatoms. The van der Waals surface area contributed by atoms with E-state index >= 15 is 0 Å². The molecule has 0 amide bonds. The highest BCUT2D eigenvalue weighted by molar-refractivity contribution is 5.20. The van der Waals surface area contributed by atoms with Crippen LogP contribution in [-0.2, 0) is 17.8 Å². The average molecular weight is 238 g/mol. The lowest BCUT2D eigenvalue weighted by atomic mass is 10.2. The highest BCUT2D eigenvalue weighted by atomic mass is 16.5. The van der Waals surface area contributed by atoms with Crippen LogP contribution in [0.5, 0.6) is 0 Å². The van der Waals surface area contributed by atoms with Crippen molar-refractivity contribution in [1.82, 2.24) is 20.3 Å². The van der Waals surface area contributed by atoms with Crippen molar-refractivity contribution in [3.63, 3.8) is 0 Å². The minimum Gasteiger partial charge on any atom is -0.382 e. The summed E-state index contributed by atoms with van der Waals surface area (Å²) in [6, 6.07) is 0. The van der Waals surface area contributed by atoms with Crippen LogP contribution >= 0.6 is 0 Å². The molecule has 1 saturated carbocycles. The molecule has 1 aromatic rings. The van der Waals surface area contributed by atoms with Gasteiger partial charge in [0.05, 0.1) is 11.4 Å². The van der Waals surface area contributed by atoms with E-state index in [-0.39, 0.29) is 0 Å². The highest BCUT2D eigenvalue weighted by Gasteiger charge is 2.30. The summed E-state index contributed by atoms with van der Waals surface area (Å²) in [5.41, 5.74) is 2.46. The Morgan fingerprint density at radius 2 is 2.29 bits per heavy atom. The molecule has 0 spiro atoms. The molecule has 0 atom stereocenters. The largest absolute Gasteiger partial charge is 0.382 e. The second kappa shape index (κ2) is 6.12. The molecule has 0 saturated heterocycles. The summed E-state index contributed by atoms with van der Waals surface area (Å²) in [7, 11) is 1.95. The fourth-order valence-electron chi connectivity index (χ4n) is 2.08. The van der Waals surface area contributed by atoms with Crippen molar-refractivity contribution in [2.24, 2.45) is 0 Å². The highest BCUT2D eigenvalue weighted by Crippen LogP contribution is 2.41. The molecule has 1 aliphatic rings. The third kappa shape index (κ3) is 3.26. The molecule has 2 rings (SSSR count). The van der Waals surface area contributed by atoms with Crippen LogP contribution in [0.25, 0.3) is 0 Å². The van der Waals surface area contributed by atoms with Crippen molar-refractivity contribution in [3.8, 4) is 0 Å². The predicted octanol–water partition coefficient (Wildman–Crippen LogP) is 1.30. The minimum atomic E-state index is 0.695. The molecular weight excluding hydrogens is 216 g/mol. The first-order valence-electron chi connectivity index (χ1n) is 6.51. The molecule has 0 aliphatic heterocycles. The number of ether oxygens (including phenoxy) is 1. The van der Waals surface area contributed by atoms with Crippen LogP contribution in [0, 0.1) is 0 Å². The van der Waals surface area contributed by atoms with Crippen LogP contribution in [-0.4, -0.2) is 35.3 Å². The first kappa shape index (κ1) is 12.5. The lowest BCUT2D eigenvalue weighted by Gasteiger charge is -2.07. The number of rotatable bonds is 8. The van der Waals surface area contributed by atoms with E-state index in [9.17, 15) is 0 Å².